The van der Waals surface area contributed by atoms with Crippen LogP contribution in [0.25, 0.3) is 28.3 Å². The molecule has 1 fully saturated rings. The molecule has 1 saturated carbocycles. The van der Waals surface area contributed by atoms with E-state index in [1.165, 1.54) is 24.3 Å². The number of esters is 1. The number of carbonyl (C=O) groups excluding carboxylic acids is 1. The predicted octanol–water partition coefficient (Wildman–Crippen LogP) is 9.66. The summed E-state index contributed by atoms with van der Waals surface area (Å²) in [6.45, 7) is 2.13. The normalized spacial score (nSPS) is 17.8. The standard InChI is InChI=1S/C31H27F7O2/c1-2-3-18-4-6-19(7-5-18)30(39)40-22-9-11-23(29(35)17-22)20-8-10-24(26(32)14-20)21-15-27(33)25(28(34)16-21)12-13-31(36,37)38/h8-19H,2-7H2,1H3/b13-12+. The van der Waals surface area contributed by atoms with Crippen LogP contribution in [0.2, 0.25) is 0 Å². The van der Waals surface area contributed by atoms with Crippen LogP contribution in [0, 0.1) is 35.1 Å². The average molecular weight is 565 g/mol. The van der Waals surface area contributed by atoms with Crippen molar-refractivity contribution in [3.05, 3.63) is 83.4 Å². The van der Waals surface area contributed by atoms with Crippen molar-refractivity contribution in [1.29, 1.82) is 0 Å². The number of alkyl halides is 3. The molecule has 0 bridgehead atoms. The molecule has 9 heteroatoms. The molecule has 3 aromatic rings. The maximum Gasteiger partial charge on any atom is 0.409 e. The molecule has 0 amide bonds. The topological polar surface area (TPSA) is 26.3 Å². The maximum atomic E-state index is 15.0. The summed E-state index contributed by atoms with van der Waals surface area (Å²) in [6.07, 6.45) is 0.822. The van der Waals surface area contributed by atoms with E-state index in [1.54, 1.807) is 0 Å². The van der Waals surface area contributed by atoms with Gasteiger partial charge in [0.05, 0.1) is 5.92 Å². The molecule has 4 rings (SSSR count). The fourth-order valence-corrected chi connectivity index (χ4v) is 5.08. The lowest BCUT2D eigenvalue weighted by Gasteiger charge is -2.26. The first-order chi connectivity index (χ1) is 18.9. The molecular formula is C31H27F7O2. The van der Waals surface area contributed by atoms with E-state index in [9.17, 15) is 35.5 Å². The number of allylic oxidation sites excluding steroid dienone is 1. The van der Waals surface area contributed by atoms with Gasteiger partial charge in [-0.1, -0.05) is 31.9 Å². The maximum absolute atomic E-state index is 15.0. The van der Waals surface area contributed by atoms with Gasteiger partial charge in [0.25, 0.3) is 0 Å². The summed E-state index contributed by atoms with van der Waals surface area (Å²) in [5.74, 6) is -4.28. The van der Waals surface area contributed by atoms with Crippen molar-refractivity contribution in [2.75, 3.05) is 0 Å². The highest BCUT2D eigenvalue weighted by atomic mass is 19.4. The third kappa shape index (κ3) is 7.11. The van der Waals surface area contributed by atoms with E-state index in [1.807, 2.05) is 0 Å². The van der Waals surface area contributed by atoms with Crippen LogP contribution < -0.4 is 4.74 Å². The third-order valence-corrected chi connectivity index (χ3v) is 7.15. The number of hydrogen-bond donors (Lipinski definition) is 0. The van der Waals surface area contributed by atoms with Crippen molar-refractivity contribution in [1.82, 2.24) is 0 Å². The Labute approximate surface area is 227 Å². The molecule has 0 spiro atoms. The van der Waals surface area contributed by atoms with Crippen LogP contribution in [0.3, 0.4) is 0 Å². The van der Waals surface area contributed by atoms with Crippen molar-refractivity contribution < 1.29 is 40.3 Å². The van der Waals surface area contributed by atoms with E-state index < -0.39 is 41.0 Å². The first-order valence-electron chi connectivity index (χ1n) is 13.0. The Kier molecular flexibility index (Phi) is 9.01. The molecule has 1 aliphatic carbocycles. The zero-order chi connectivity index (χ0) is 29.0. The van der Waals surface area contributed by atoms with Crippen LogP contribution in [0.5, 0.6) is 5.75 Å². The van der Waals surface area contributed by atoms with Crippen LogP contribution in [-0.4, -0.2) is 12.1 Å². The summed E-state index contributed by atoms with van der Waals surface area (Å²) in [6, 6.07) is 8.72. The van der Waals surface area contributed by atoms with Crippen molar-refractivity contribution in [2.45, 2.75) is 51.6 Å². The Morgan fingerprint density at radius 1 is 0.825 bits per heavy atom. The average Bonchev–Trinajstić information content (AvgIpc) is 2.88. The Hall–Kier alpha value is -3.62. The molecule has 0 unspecified atom stereocenters. The van der Waals surface area contributed by atoms with Crippen LogP contribution in [0.1, 0.15) is 51.0 Å². The molecule has 1 aliphatic rings. The number of halogens is 7. The molecule has 212 valence electrons. The van der Waals surface area contributed by atoms with Crippen LogP contribution in [0.4, 0.5) is 30.7 Å². The number of benzene rings is 3. The fourth-order valence-electron chi connectivity index (χ4n) is 5.08. The molecule has 40 heavy (non-hydrogen) atoms. The Bertz CT molecular complexity index is 1380. The van der Waals surface area contributed by atoms with E-state index in [4.69, 9.17) is 4.74 Å². The second-order valence-corrected chi connectivity index (χ2v) is 9.99. The fraction of sp³-hybridized carbons (Fsp3) is 0.323. The van der Waals surface area contributed by atoms with Gasteiger partial charge in [-0.3, -0.25) is 4.79 Å². The number of rotatable bonds is 7. The van der Waals surface area contributed by atoms with Crippen LogP contribution in [0.15, 0.2) is 54.6 Å². The highest BCUT2D eigenvalue weighted by molar-refractivity contribution is 5.76. The Balaban J connectivity index is 1.49. The monoisotopic (exact) mass is 564 g/mol. The number of carbonyl (C=O) groups is 1. The lowest BCUT2D eigenvalue weighted by Crippen LogP contribution is -2.25. The largest absolute Gasteiger partial charge is 0.426 e. The van der Waals surface area contributed by atoms with Gasteiger partial charge in [0, 0.05) is 28.8 Å². The molecule has 0 N–H and O–H groups in total. The van der Waals surface area contributed by atoms with E-state index in [0.717, 1.165) is 62.8 Å². The second kappa shape index (κ2) is 12.3. The molecule has 0 saturated heterocycles. The van der Waals surface area contributed by atoms with Gasteiger partial charge in [-0.05, 0) is 79.1 Å². The number of hydrogen-bond acceptors (Lipinski definition) is 2. The minimum Gasteiger partial charge on any atom is -0.426 e. The molecule has 2 nitrogen and oxygen atoms in total. The quantitative estimate of drug-likeness (QED) is 0.162. The predicted molar refractivity (Wildman–Crippen MR) is 138 cm³/mol. The molecule has 0 atom stereocenters. The Morgan fingerprint density at radius 3 is 1.98 bits per heavy atom. The van der Waals surface area contributed by atoms with E-state index in [0.29, 0.717) is 5.92 Å². The second-order valence-electron chi connectivity index (χ2n) is 9.99. The number of ether oxygens (including phenoxy) is 1. The van der Waals surface area contributed by atoms with Gasteiger partial charge in [0.1, 0.15) is 29.0 Å². The zero-order valence-corrected chi connectivity index (χ0v) is 21.6. The minimum atomic E-state index is -4.76. The molecule has 0 aliphatic heterocycles. The van der Waals surface area contributed by atoms with Crippen molar-refractivity contribution in [2.24, 2.45) is 11.8 Å². The van der Waals surface area contributed by atoms with Gasteiger partial charge in [-0.15, -0.1) is 0 Å². The molecule has 0 heterocycles. The van der Waals surface area contributed by atoms with Crippen LogP contribution >= 0.6 is 0 Å². The van der Waals surface area contributed by atoms with Gasteiger partial charge >= 0.3 is 12.1 Å². The molecule has 3 aromatic carbocycles. The summed E-state index contributed by atoms with van der Waals surface area (Å²) in [5, 5.41) is 0. The van der Waals surface area contributed by atoms with Gasteiger partial charge < -0.3 is 4.74 Å². The van der Waals surface area contributed by atoms with Gasteiger partial charge in [0.15, 0.2) is 0 Å². The smallest absolute Gasteiger partial charge is 0.409 e. The highest BCUT2D eigenvalue weighted by Crippen LogP contribution is 2.35. The lowest BCUT2D eigenvalue weighted by molar-refractivity contribution is -0.140. The van der Waals surface area contributed by atoms with Gasteiger partial charge in [-0.25, -0.2) is 17.6 Å². The first kappa shape index (κ1) is 29.4. The summed E-state index contributed by atoms with van der Waals surface area (Å²) < 4.78 is 101. The van der Waals surface area contributed by atoms with Crippen molar-refractivity contribution >= 4 is 12.0 Å². The Morgan fingerprint density at radius 2 is 1.40 bits per heavy atom. The zero-order valence-electron chi connectivity index (χ0n) is 21.6. The molecular weight excluding hydrogens is 537 g/mol. The summed E-state index contributed by atoms with van der Waals surface area (Å²) in [5.41, 5.74) is -1.25. The third-order valence-electron chi connectivity index (χ3n) is 7.15. The molecule has 0 radical (unpaired) electrons. The van der Waals surface area contributed by atoms with E-state index >= 15 is 0 Å². The molecule has 0 aromatic heterocycles. The summed E-state index contributed by atoms with van der Waals surface area (Å²) in [4.78, 5) is 12.6. The van der Waals surface area contributed by atoms with Crippen molar-refractivity contribution in [3.63, 3.8) is 0 Å². The summed E-state index contributed by atoms with van der Waals surface area (Å²) >= 11 is 0. The SMILES string of the molecule is CCCC1CCC(C(=O)Oc2ccc(-c3ccc(-c4cc(F)c(/C=C/C(F)(F)F)c(F)c4)c(F)c3)c(F)c2)CC1. The van der Waals surface area contributed by atoms with Gasteiger partial charge in [-0.2, -0.15) is 13.2 Å². The lowest BCUT2D eigenvalue weighted by atomic mass is 9.80. The first-order valence-corrected chi connectivity index (χ1v) is 13.0. The van der Waals surface area contributed by atoms with Crippen LogP contribution in [-0.2, 0) is 4.79 Å². The van der Waals surface area contributed by atoms with Crippen molar-refractivity contribution in [3.8, 4) is 28.0 Å². The highest BCUT2D eigenvalue weighted by Gasteiger charge is 2.28. The van der Waals surface area contributed by atoms with E-state index in [-0.39, 0.29) is 46.1 Å². The van der Waals surface area contributed by atoms with E-state index in [2.05, 4.69) is 6.92 Å². The summed E-state index contributed by atoms with van der Waals surface area (Å²) in [7, 11) is 0. The van der Waals surface area contributed by atoms with Gasteiger partial charge in [0.2, 0.25) is 0 Å². The minimum absolute atomic E-state index is 0.00956.